The fraction of sp³-hybridized carbons (Fsp3) is 0.250. The molecule has 0 amide bonds. The lowest BCUT2D eigenvalue weighted by Crippen LogP contribution is -1.98. The Morgan fingerprint density at radius 1 is 1.50 bits per heavy atom. The van der Waals surface area contributed by atoms with Gasteiger partial charge in [0.15, 0.2) is 4.67 Å². The van der Waals surface area contributed by atoms with E-state index in [2.05, 4.69) is 26.2 Å². The summed E-state index contributed by atoms with van der Waals surface area (Å²) in [6.07, 6.45) is 1.68. The maximum atomic E-state index is 8.77. The highest BCUT2D eigenvalue weighted by atomic mass is 79.9. The molecule has 5 nitrogen and oxygen atoms in total. The van der Waals surface area contributed by atoms with Crippen LogP contribution in [-0.4, -0.2) is 20.1 Å². The van der Waals surface area contributed by atoms with Crippen molar-refractivity contribution in [3.63, 3.8) is 0 Å². The monoisotopic (exact) mass is 257 g/mol. The Labute approximate surface area is 88.5 Å². The van der Waals surface area contributed by atoms with Gasteiger partial charge < -0.3 is 9.52 Å². The highest BCUT2D eigenvalue weighted by Crippen LogP contribution is 2.14. The lowest BCUT2D eigenvalue weighted by atomic mass is 10.4. The molecular formula is C8H8BrN3O2. The molecule has 1 N–H and O–H groups in total. The van der Waals surface area contributed by atoms with Gasteiger partial charge in [-0.15, -0.1) is 5.10 Å². The van der Waals surface area contributed by atoms with Crippen LogP contribution in [0, 0.1) is 0 Å². The molecule has 0 saturated carbocycles. The Hall–Kier alpha value is -1.14. The Kier molecular flexibility index (Phi) is 2.64. The van der Waals surface area contributed by atoms with Crippen molar-refractivity contribution >= 4 is 15.9 Å². The fourth-order valence-electron chi connectivity index (χ4n) is 1.08. The minimum Gasteiger partial charge on any atom is -0.452 e. The molecule has 2 rings (SSSR count). The molecule has 0 aliphatic heterocycles. The van der Waals surface area contributed by atoms with Crippen LogP contribution in [-0.2, 0) is 13.2 Å². The summed E-state index contributed by atoms with van der Waals surface area (Å²) in [6.45, 7) is 0.417. The molecule has 0 fully saturated rings. The van der Waals surface area contributed by atoms with Gasteiger partial charge in [-0.3, -0.25) is 0 Å². The van der Waals surface area contributed by atoms with Crippen LogP contribution in [0.3, 0.4) is 0 Å². The van der Waals surface area contributed by atoms with Crippen molar-refractivity contribution in [3.05, 3.63) is 34.5 Å². The molecule has 0 bridgehead atoms. The molecule has 2 heterocycles. The van der Waals surface area contributed by atoms with E-state index in [4.69, 9.17) is 9.52 Å². The van der Waals surface area contributed by atoms with Crippen LogP contribution < -0.4 is 0 Å². The quantitative estimate of drug-likeness (QED) is 0.897. The average Bonchev–Trinajstić information content (AvgIpc) is 2.76. The first-order chi connectivity index (χ1) is 6.78. The van der Waals surface area contributed by atoms with E-state index in [0.717, 1.165) is 5.76 Å². The SMILES string of the molecule is OCc1cn(Cc2ccc(Br)o2)nn1. The molecule has 0 aromatic carbocycles. The predicted molar refractivity (Wildman–Crippen MR) is 51.5 cm³/mol. The standard InChI is InChI=1S/C8H8BrN3O2/c9-8-2-1-7(14-8)4-12-3-6(5-13)10-11-12/h1-3,13H,4-5H2. The molecule has 6 heteroatoms. The van der Waals surface area contributed by atoms with E-state index < -0.39 is 0 Å². The molecule has 2 aromatic heterocycles. The Balaban J connectivity index is 2.10. The second kappa shape index (κ2) is 3.93. The summed E-state index contributed by atoms with van der Waals surface area (Å²) >= 11 is 3.21. The fourth-order valence-corrected chi connectivity index (χ4v) is 1.42. The van der Waals surface area contributed by atoms with Crippen LogP contribution in [0.5, 0.6) is 0 Å². The van der Waals surface area contributed by atoms with Crippen molar-refractivity contribution in [2.75, 3.05) is 0 Å². The maximum Gasteiger partial charge on any atom is 0.169 e. The summed E-state index contributed by atoms with van der Waals surface area (Å²) in [5, 5.41) is 16.3. The van der Waals surface area contributed by atoms with Gasteiger partial charge in [-0.2, -0.15) is 0 Å². The number of aliphatic hydroxyl groups is 1. The smallest absolute Gasteiger partial charge is 0.169 e. The van der Waals surface area contributed by atoms with Crippen molar-refractivity contribution in [2.45, 2.75) is 13.2 Å². The number of aliphatic hydroxyl groups excluding tert-OH is 1. The van der Waals surface area contributed by atoms with E-state index >= 15 is 0 Å². The molecule has 0 radical (unpaired) electrons. The lowest BCUT2D eigenvalue weighted by Gasteiger charge is -1.94. The summed E-state index contributed by atoms with van der Waals surface area (Å²) in [4.78, 5) is 0. The second-order valence-corrected chi connectivity index (χ2v) is 3.55. The molecule has 0 atom stereocenters. The minimum atomic E-state index is -0.0954. The summed E-state index contributed by atoms with van der Waals surface area (Å²) in [6, 6.07) is 3.67. The zero-order valence-electron chi connectivity index (χ0n) is 7.22. The van der Waals surface area contributed by atoms with Gasteiger partial charge in [0.25, 0.3) is 0 Å². The average molecular weight is 258 g/mol. The van der Waals surface area contributed by atoms with Crippen LogP contribution in [0.25, 0.3) is 0 Å². The molecule has 0 saturated heterocycles. The summed E-state index contributed by atoms with van der Waals surface area (Å²) in [5.74, 6) is 0.784. The molecule has 14 heavy (non-hydrogen) atoms. The number of nitrogens with zero attached hydrogens (tertiary/aromatic N) is 3. The molecule has 2 aromatic rings. The molecule has 0 aliphatic rings. The minimum absolute atomic E-state index is 0.0954. The van der Waals surface area contributed by atoms with Gasteiger partial charge in [-0.1, -0.05) is 5.21 Å². The van der Waals surface area contributed by atoms with Crippen LogP contribution in [0.15, 0.2) is 27.4 Å². The number of hydrogen-bond donors (Lipinski definition) is 1. The first kappa shape index (κ1) is 9.42. The van der Waals surface area contributed by atoms with Crippen LogP contribution >= 0.6 is 15.9 Å². The largest absolute Gasteiger partial charge is 0.452 e. The van der Waals surface area contributed by atoms with E-state index in [1.54, 1.807) is 10.9 Å². The topological polar surface area (TPSA) is 64.1 Å². The van der Waals surface area contributed by atoms with Crippen molar-refractivity contribution in [3.8, 4) is 0 Å². The predicted octanol–water partition coefficient (Wildman–Crippen LogP) is 1.17. The number of aromatic nitrogens is 3. The second-order valence-electron chi connectivity index (χ2n) is 2.77. The third-order valence-corrected chi connectivity index (χ3v) is 2.12. The highest BCUT2D eigenvalue weighted by molar-refractivity contribution is 9.10. The normalized spacial score (nSPS) is 10.7. The number of furan rings is 1. The van der Waals surface area contributed by atoms with Gasteiger partial charge in [0.1, 0.15) is 18.0 Å². The van der Waals surface area contributed by atoms with Gasteiger partial charge in [0.2, 0.25) is 0 Å². The van der Waals surface area contributed by atoms with E-state index in [1.807, 2.05) is 12.1 Å². The van der Waals surface area contributed by atoms with Crippen LogP contribution in [0.1, 0.15) is 11.5 Å². The van der Waals surface area contributed by atoms with Crippen molar-refractivity contribution in [2.24, 2.45) is 0 Å². The maximum absolute atomic E-state index is 8.77. The number of rotatable bonds is 3. The summed E-state index contributed by atoms with van der Waals surface area (Å²) in [5.41, 5.74) is 0.552. The molecule has 0 unspecified atom stereocenters. The van der Waals surface area contributed by atoms with Gasteiger partial charge in [-0.05, 0) is 28.1 Å². The molecular weight excluding hydrogens is 250 g/mol. The molecule has 74 valence electrons. The van der Waals surface area contributed by atoms with Crippen molar-refractivity contribution < 1.29 is 9.52 Å². The zero-order valence-corrected chi connectivity index (χ0v) is 8.81. The van der Waals surface area contributed by atoms with Gasteiger partial charge in [0, 0.05) is 0 Å². The number of halogens is 1. The highest BCUT2D eigenvalue weighted by Gasteiger charge is 2.03. The molecule has 0 spiro atoms. The zero-order chi connectivity index (χ0) is 9.97. The van der Waals surface area contributed by atoms with Gasteiger partial charge in [0.05, 0.1) is 12.8 Å². The van der Waals surface area contributed by atoms with E-state index in [1.165, 1.54) is 0 Å². The van der Waals surface area contributed by atoms with Gasteiger partial charge >= 0.3 is 0 Å². The van der Waals surface area contributed by atoms with E-state index in [0.29, 0.717) is 16.9 Å². The van der Waals surface area contributed by atoms with E-state index in [-0.39, 0.29) is 6.61 Å². The van der Waals surface area contributed by atoms with Crippen molar-refractivity contribution in [1.82, 2.24) is 15.0 Å². The van der Waals surface area contributed by atoms with E-state index in [9.17, 15) is 0 Å². The Morgan fingerprint density at radius 2 is 2.36 bits per heavy atom. The third kappa shape index (κ3) is 2.02. The summed E-state index contributed by atoms with van der Waals surface area (Å²) < 4.78 is 7.59. The number of hydrogen-bond acceptors (Lipinski definition) is 4. The van der Waals surface area contributed by atoms with Crippen LogP contribution in [0.2, 0.25) is 0 Å². The van der Waals surface area contributed by atoms with Crippen molar-refractivity contribution in [1.29, 1.82) is 0 Å². The van der Waals surface area contributed by atoms with Gasteiger partial charge in [-0.25, -0.2) is 4.68 Å². The summed E-state index contributed by atoms with van der Waals surface area (Å²) in [7, 11) is 0. The third-order valence-electron chi connectivity index (χ3n) is 1.69. The first-order valence-corrected chi connectivity index (χ1v) is 4.81. The van der Waals surface area contributed by atoms with Crippen LogP contribution in [0.4, 0.5) is 0 Å². The molecule has 0 aliphatic carbocycles. The Morgan fingerprint density at radius 3 is 2.93 bits per heavy atom. The first-order valence-electron chi connectivity index (χ1n) is 4.02. The lowest BCUT2D eigenvalue weighted by molar-refractivity contribution is 0.276. The Bertz CT molecular complexity index is 424.